The molecule has 6 nitrogen and oxygen atoms in total. The van der Waals surface area contributed by atoms with Gasteiger partial charge < -0.3 is 19.7 Å². The quantitative estimate of drug-likeness (QED) is 0.769. The smallest absolute Gasteiger partial charge is 0.254 e. The summed E-state index contributed by atoms with van der Waals surface area (Å²) in [5.41, 5.74) is 2.31. The maximum Gasteiger partial charge on any atom is 0.254 e. The highest BCUT2D eigenvalue weighted by Crippen LogP contribution is 2.25. The lowest BCUT2D eigenvalue weighted by Crippen LogP contribution is -2.40. The molecule has 138 valence electrons. The van der Waals surface area contributed by atoms with E-state index in [-0.39, 0.29) is 5.91 Å². The molecule has 1 saturated heterocycles. The van der Waals surface area contributed by atoms with Crippen LogP contribution in [0.25, 0.3) is 10.9 Å². The molecule has 0 saturated carbocycles. The zero-order valence-electron chi connectivity index (χ0n) is 15.1. The predicted molar refractivity (Wildman–Crippen MR) is 105 cm³/mol. The van der Waals surface area contributed by atoms with Crippen molar-refractivity contribution < 1.29 is 14.3 Å². The number of methoxy groups -OCH3 is 1. The van der Waals surface area contributed by atoms with Crippen LogP contribution in [0.5, 0.6) is 5.75 Å². The van der Waals surface area contributed by atoms with Gasteiger partial charge in [-0.25, -0.2) is 4.98 Å². The number of benzene rings is 2. The normalized spacial score (nSPS) is 14.2. The van der Waals surface area contributed by atoms with E-state index in [1.165, 1.54) is 0 Å². The molecule has 1 aliphatic heterocycles. The van der Waals surface area contributed by atoms with Gasteiger partial charge in [-0.15, -0.1) is 0 Å². The maximum absolute atomic E-state index is 13.1. The molecule has 6 heteroatoms. The Morgan fingerprint density at radius 1 is 1.11 bits per heavy atom. The summed E-state index contributed by atoms with van der Waals surface area (Å²) in [5.74, 6) is 1.43. The number of nitrogens with one attached hydrogen (secondary N) is 1. The first-order valence-corrected chi connectivity index (χ1v) is 8.92. The van der Waals surface area contributed by atoms with Gasteiger partial charge in [-0.05, 0) is 36.4 Å². The van der Waals surface area contributed by atoms with Crippen molar-refractivity contribution in [2.24, 2.45) is 0 Å². The van der Waals surface area contributed by atoms with Crippen LogP contribution in [0.4, 0.5) is 11.5 Å². The zero-order chi connectivity index (χ0) is 18.6. The molecule has 2 heterocycles. The second kappa shape index (κ2) is 7.63. The molecule has 0 spiro atoms. The standard InChI is InChI=1S/C21H21N3O3/c1-26-16-8-6-15(7-9-16)22-20-14-18(17-4-2-3-5-19(17)23-20)21(25)24-10-12-27-13-11-24/h2-9,14H,10-13H2,1H3,(H,22,23). The van der Waals surface area contributed by atoms with E-state index in [0.717, 1.165) is 22.3 Å². The van der Waals surface area contributed by atoms with E-state index in [0.29, 0.717) is 37.7 Å². The average Bonchev–Trinajstić information content (AvgIpc) is 2.74. The Balaban J connectivity index is 1.70. The Kier molecular flexibility index (Phi) is 4.89. The zero-order valence-corrected chi connectivity index (χ0v) is 15.1. The van der Waals surface area contributed by atoms with E-state index in [1.54, 1.807) is 7.11 Å². The van der Waals surface area contributed by atoms with Crippen LogP contribution in [0.1, 0.15) is 10.4 Å². The molecular formula is C21H21N3O3. The van der Waals surface area contributed by atoms with Gasteiger partial charge in [-0.3, -0.25) is 4.79 Å². The third-order valence-corrected chi connectivity index (χ3v) is 4.61. The molecule has 3 aromatic rings. The summed E-state index contributed by atoms with van der Waals surface area (Å²) in [4.78, 5) is 19.6. The number of rotatable bonds is 4. The topological polar surface area (TPSA) is 63.7 Å². The number of hydrogen-bond acceptors (Lipinski definition) is 5. The van der Waals surface area contributed by atoms with Gasteiger partial charge in [-0.1, -0.05) is 18.2 Å². The summed E-state index contributed by atoms with van der Waals surface area (Å²) < 4.78 is 10.6. The Labute approximate surface area is 157 Å². The van der Waals surface area contributed by atoms with Crippen molar-refractivity contribution in [2.45, 2.75) is 0 Å². The molecule has 1 aliphatic rings. The predicted octanol–water partition coefficient (Wildman–Crippen LogP) is 3.46. The number of carbonyl (C=O) groups is 1. The number of fused-ring (bicyclic) bond motifs is 1. The number of nitrogens with zero attached hydrogens (tertiary/aromatic N) is 2. The van der Waals surface area contributed by atoms with Crippen LogP contribution in [0.2, 0.25) is 0 Å². The molecule has 1 aromatic heterocycles. The summed E-state index contributed by atoms with van der Waals surface area (Å²) in [5, 5.41) is 4.14. The van der Waals surface area contributed by atoms with Crippen molar-refractivity contribution in [3.8, 4) is 5.75 Å². The van der Waals surface area contributed by atoms with Crippen molar-refractivity contribution >= 4 is 28.3 Å². The van der Waals surface area contributed by atoms with Crippen LogP contribution >= 0.6 is 0 Å². The van der Waals surface area contributed by atoms with Crippen molar-refractivity contribution in [3.63, 3.8) is 0 Å². The highest BCUT2D eigenvalue weighted by atomic mass is 16.5. The van der Waals surface area contributed by atoms with Crippen LogP contribution in [0.15, 0.2) is 54.6 Å². The summed E-state index contributed by atoms with van der Waals surface area (Å²) >= 11 is 0. The fourth-order valence-corrected chi connectivity index (χ4v) is 3.18. The van der Waals surface area contributed by atoms with Gasteiger partial charge in [-0.2, -0.15) is 0 Å². The highest BCUT2D eigenvalue weighted by molar-refractivity contribution is 6.07. The fraction of sp³-hybridized carbons (Fsp3) is 0.238. The van der Waals surface area contributed by atoms with E-state index >= 15 is 0 Å². The molecular weight excluding hydrogens is 342 g/mol. The Bertz CT molecular complexity index is 951. The second-order valence-electron chi connectivity index (χ2n) is 6.33. The number of aromatic nitrogens is 1. The first-order valence-electron chi connectivity index (χ1n) is 8.92. The van der Waals surface area contributed by atoms with Crippen LogP contribution in [-0.4, -0.2) is 49.2 Å². The minimum absolute atomic E-state index is 0.00896. The minimum Gasteiger partial charge on any atom is -0.497 e. The van der Waals surface area contributed by atoms with Crippen LogP contribution in [-0.2, 0) is 4.74 Å². The number of para-hydroxylation sites is 1. The van der Waals surface area contributed by atoms with Gasteiger partial charge in [0.15, 0.2) is 0 Å². The summed E-state index contributed by atoms with van der Waals surface area (Å²) in [6.45, 7) is 2.37. The maximum atomic E-state index is 13.1. The monoisotopic (exact) mass is 363 g/mol. The van der Waals surface area contributed by atoms with Crippen molar-refractivity contribution in [2.75, 3.05) is 38.7 Å². The molecule has 4 rings (SSSR count). The van der Waals surface area contributed by atoms with Gasteiger partial charge in [0, 0.05) is 24.2 Å². The molecule has 0 radical (unpaired) electrons. The number of anilines is 2. The van der Waals surface area contributed by atoms with Crippen molar-refractivity contribution in [1.82, 2.24) is 9.88 Å². The number of pyridine rings is 1. The summed E-state index contributed by atoms with van der Waals surface area (Å²) in [7, 11) is 1.64. The Morgan fingerprint density at radius 2 is 1.85 bits per heavy atom. The largest absolute Gasteiger partial charge is 0.497 e. The lowest BCUT2D eigenvalue weighted by Gasteiger charge is -2.27. The number of hydrogen-bond donors (Lipinski definition) is 1. The van der Waals surface area contributed by atoms with Crippen LogP contribution in [0.3, 0.4) is 0 Å². The molecule has 1 fully saturated rings. The van der Waals surface area contributed by atoms with Gasteiger partial charge in [0.1, 0.15) is 11.6 Å². The fourth-order valence-electron chi connectivity index (χ4n) is 3.18. The number of morpholine rings is 1. The Morgan fingerprint density at radius 3 is 2.59 bits per heavy atom. The van der Waals surface area contributed by atoms with Gasteiger partial charge in [0.25, 0.3) is 5.91 Å². The van der Waals surface area contributed by atoms with E-state index in [4.69, 9.17) is 9.47 Å². The molecule has 0 bridgehead atoms. The van der Waals surface area contributed by atoms with Gasteiger partial charge >= 0.3 is 0 Å². The molecule has 27 heavy (non-hydrogen) atoms. The molecule has 0 unspecified atom stereocenters. The lowest BCUT2D eigenvalue weighted by molar-refractivity contribution is 0.0304. The molecule has 0 aliphatic carbocycles. The van der Waals surface area contributed by atoms with Gasteiger partial charge in [0.2, 0.25) is 0 Å². The van der Waals surface area contributed by atoms with Crippen LogP contribution in [0, 0.1) is 0 Å². The first kappa shape index (κ1) is 17.3. The highest BCUT2D eigenvalue weighted by Gasteiger charge is 2.21. The minimum atomic E-state index is 0.00896. The Hall–Kier alpha value is -3.12. The summed E-state index contributed by atoms with van der Waals surface area (Å²) in [6.07, 6.45) is 0. The third-order valence-electron chi connectivity index (χ3n) is 4.61. The number of ether oxygens (including phenoxy) is 2. The summed E-state index contributed by atoms with van der Waals surface area (Å²) in [6, 6.07) is 17.1. The molecule has 0 atom stereocenters. The number of amides is 1. The molecule has 1 N–H and O–H groups in total. The van der Waals surface area contributed by atoms with Crippen LogP contribution < -0.4 is 10.1 Å². The van der Waals surface area contributed by atoms with E-state index in [9.17, 15) is 4.79 Å². The molecule has 1 amide bonds. The average molecular weight is 363 g/mol. The van der Waals surface area contributed by atoms with E-state index in [1.807, 2.05) is 59.5 Å². The number of carbonyl (C=O) groups excluding carboxylic acids is 1. The van der Waals surface area contributed by atoms with E-state index < -0.39 is 0 Å². The van der Waals surface area contributed by atoms with Crippen molar-refractivity contribution in [1.29, 1.82) is 0 Å². The third kappa shape index (κ3) is 3.71. The second-order valence-corrected chi connectivity index (χ2v) is 6.33. The molecule has 2 aromatic carbocycles. The first-order chi connectivity index (χ1) is 13.2. The SMILES string of the molecule is COc1ccc(Nc2cc(C(=O)N3CCOCC3)c3ccccc3n2)cc1. The van der Waals surface area contributed by atoms with E-state index in [2.05, 4.69) is 10.3 Å². The van der Waals surface area contributed by atoms with Gasteiger partial charge in [0.05, 0.1) is 31.4 Å². The van der Waals surface area contributed by atoms with Crippen molar-refractivity contribution in [3.05, 3.63) is 60.2 Å². The lowest BCUT2D eigenvalue weighted by atomic mass is 10.1.